The summed E-state index contributed by atoms with van der Waals surface area (Å²) in [7, 11) is 3.75. The minimum atomic E-state index is 0.104. The SMILES string of the molecule is CNCCCN(C)C(=O)Cn1nc(C)cc1C. The van der Waals surface area contributed by atoms with E-state index in [0.29, 0.717) is 6.54 Å². The van der Waals surface area contributed by atoms with Gasteiger partial charge in [-0.15, -0.1) is 0 Å². The summed E-state index contributed by atoms with van der Waals surface area (Å²) in [5, 5.41) is 7.35. The highest BCUT2D eigenvalue weighted by Gasteiger charge is 2.11. The Bertz CT molecular complexity index is 373. The maximum absolute atomic E-state index is 11.9. The van der Waals surface area contributed by atoms with E-state index in [2.05, 4.69) is 10.4 Å². The van der Waals surface area contributed by atoms with E-state index >= 15 is 0 Å². The third kappa shape index (κ3) is 4.19. The van der Waals surface area contributed by atoms with E-state index in [-0.39, 0.29) is 5.91 Å². The van der Waals surface area contributed by atoms with Crippen molar-refractivity contribution in [1.82, 2.24) is 20.0 Å². The van der Waals surface area contributed by atoms with E-state index in [1.807, 2.05) is 34.0 Å². The summed E-state index contributed by atoms with van der Waals surface area (Å²) in [5.41, 5.74) is 1.98. The van der Waals surface area contributed by atoms with Gasteiger partial charge in [-0.25, -0.2) is 0 Å². The van der Waals surface area contributed by atoms with Gasteiger partial charge in [-0.05, 0) is 39.9 Å². The summed E-state index contributed by atoms with van der Waals surface area (Å²) in [6, 6.07) is 1.98. The van der Waals surface area contributed by atoms with Gasteiger partial charge in [0.2, 0.25) is 5.91 Å². The van der Waals surface area contributed by atoms with Crippen LogP contribution in [0.4, 0.5) is 0 Å². The number of carbonyl (C=O) groups excluding carboxylic acids is 1. The van der Waals surface area contributed by atoms with Crippen molar-refractivity contribution in [3.63, 3.8) is 0 Å². The van der Waals surface area contributed by atoms with Gasteiger partial charge >= 0.3 is 0 Å². The molecular weight excluding hydrogens is 216 g/mol. The Morgan fingerprint density at radius 3 is 2.76 bits per heavy atom. The standard InChI is InChI=1S/C12H22N4O/c1-10-8-11(2)16(14-10)9-12(17)15(4)7-5-6-13-3/h8,13H,5-7,9H2,1-4H3. The predicted octanol–water partition coefficient (Wildman–Crippen LogP) is 0.568. The van der Waals surface area contributed by atoms with Gasteiger partial charge in [-0.2, -0.15) is 5.10 Å². The van der Waals surface area contributed by atoms with Gasteiger partial charge in [-0.3, -0.25) is 9.48 Å². The second kappa shape index (κ2) is 6.39. The average molecular weight is 238 g/mol. The number of aryl methyl sites for hydroxylation is 2. The zero-order valence-corrected chi connectivity index (χ0v) is 11.2. The van der Waals surface area contributed by atoms with Crippen molar-refractivity contribution in [2.24, 2.45) is 0 Å². The van der Waals surface area contributed by atoms with Crippen LogP contribution >= 0.6 is 0 Å². The van der Waals surface area contributed by atoms with Crippen molar-refractivity contribution in [1.29, 1.82) is 0 Å². The van der Waals surface area contributed by atoms with Crippen LogP contribution in [0.3, 0.4) is 0 Å². The highest BCUT2D eigenvalue weighted by atomic mass is 16.2. The van der Waals surface area contributed by atoms with Crippen molar-refractivity contribution in [3.8, 4) is 0 Å². The van der Waals surface area contributed by atoms with E-state index in [4.69, 9.17) is 0 Å². The Kier molecular flexibility index (Phi) is 5.15. The molecule has 0 radical (unpaired) electrons. The van der Waals surface area contributed by atoms with Crippen LogP contribution in [0.15, 0.2) is 6.07 Å². The average Bonchev–Trinajstić information content (AvgIpc) is 2.57. The fraction of sp³-hybridized carbons (Fsp3) is 0.667. The van der Waals surface area contributed by atoms with Crippen molar-refractivity contribution in [2.75, 3.05) is 27.2 Å². The van der Waals surface area contributed by atoms with E-state index in [1.54, 1.807) is 9.58 Å². The number of carbonyl (C=O) groups is 1. The van der Waals surface area contributed by atoms with Crippen LogP contribution in [0.2, 0.25) is 0 Å². The van der Waals surface area contributed by atoms with Gasteiger partial charge in [0.25, 0.3) is 0 Å². The zero-order chi connectivity index (χ0) is 12.8. The molecule has 5 heteroatoms. The van der Waals surface area contributed by atoms with Crippen molar-refractivity contribution < 1.29 is 4.79 Å². The van der Waals surface area contributed by atoms with Crippen LogP contribution in [-0.2, 0) is 11.3 Å². The molecule has 0 fully saturated rings. The van der Waals surface area contributed by atoms with Crippen LogP contribution in [0.1, 0.15) is 17.8 Å². The predicted molar refractivity (Wildman–Crippen MR) is 67.9 cm³/mol. The van der Waals surface area contributed by atoms with Crippen molar-refractivity contribution in [3.05, 3.63) is 17.5 Å². The smallest absolute Gasteiger partial charge is 0.244 e. The number of hydrogen-bond donors (Lipinski definition) is 1. The zero-order valence-electron chi connectivity index (χ0n) is 11.2. The third-order valence-corrected chi connectivity index (χ3v) is 2.73. The first-order valence-electron chi connectivity index (χ1n) is 5.94. The molecule has 96 valence electrons. The summed E-state index contributed by atoms with van der Waals surface area (Å²) in [6.45, 7) is 5.94. The van der Waals surface area contributed by atoms with Crippen LogP contribution < -0.4 is 5.32 Å². The van der Waals surface area contributed by atoms with E-state index < -0.39 is 0 Å². The molecule has 0 bridgehead atoms. The van der Waals surface area contributed by atoms with Crippen LogP contribution in [-0.4, -0.2) is 47.8 Å². The number of amides is 1. The minimum Gasteiger partial charge on any atom is -0.344 e. The number of likely N-dealkylation sites (N-methyl/N-ethyl adjacent to an activating group) is 1. The van der Waals surface area contributed by atoms with Gasteiger partial charge in [-0.1, -0.05) is 0 Å². The lowest BCUT2D eigenvalue weighted by Crippen LogP contribution is -2.32. The summed E-state index contributed by atoms with van der Waals surface area (Å²) in [5.74, 6) is 0.104. The van der Waals surface area contributed by atoms with Crippen LogP contribution in [0.25, 0.3) is 0 Å². The van der Waals surface area contributed by atoms with Crippen LogP contribution in [0, 0.1) is 13.8 Å². The van der Waals surface area contributed by atoms with Crippen LogP contribution in [0.5, 0.6) is 0 Å². The molecule has 1 N–H and O–H groups in total. The first kappa shape index (κ1) is 13.7. The van der Waals surface area contributed by atoms with E-state index in [9.17, 15) is 4.79 Å². The minimum absolute atomic E-state index is 0.104. The Morgan fingerprint density at radius 1 is 1.53 bits per heavy atom. The second-order valence-electron chi connectivity index (χ2n) is 4.36. The molecule has 1 heterocycles. The first-order valence-corrected chi connectivity index (χ1v) is 5.94. The molecule has 0 aliphatic carbocycles. The van der Waals surface area contributed by atoms with Gasteiger partial charge in [0.1, 0.15) is 6.54 Å². The van der Waals surface area contributed by atoms with Crippen molar-refractivity contribution >= 4 is 5.91 Å². The molecule has 0 saturated carbocycles. The monoisotopic (exact) mass is 238 g/mol. The summed E-state index contributed by atoms with van der Waals surface area (Å²) in [6.07, 6.45) is 0.968. The lowest BCUT2D eigenvalue weighted by molar-refractivity contribution is -0.130. The molecule has 17 heavy (non-hydrogen) atoms. The van der Waals surface area contributed by atoms with E-state index in [1.165, 1.54) is 0 Å². The molecule has 1 amide bonds. The molecule has 1 aromatic rings. The number of nitrogens with zero attached hydrogens (tertiary/aromatic N) is 3. The number of hydrogen-bond acceptors (Lipinski definition) is 3. The molecule has 0 unspecified atom stereocenters. The molecular formula is C12H22N4O. The Balaban J connectivity index is 2.45. The molecule has 0 spiro atoms. The maximum Gasteiger partial charge on any atom is 0.244 e. The van der Waals surface area contributed by atoms with Gasteiger partial charge in [0.05, 0.1) is 5.69 Å². The molecule has 0 saturated heterocycles. The summed E-state index contributed by atoms with van der Waals surface area (Å²) in [4.78, 5) is 13.7. The van der Waals surface area contributed by atoms with Crippen molar-refractivity contribution in [2.45, 2.75) is 26.8 Å². The Hall–Kier alpha value is -1.36. The van der Waals surface area contributed by atoms with Gasteiger partial charge in [0, 0.05) is 19.3 Å². The largest absolute Gasteiger partial charge is 0.344 e. The molecule has 0 aromatic carbocycles. The molecule has 0 atom stereocenters. The highest BCUT2D eigenvalue weighted by Crippen LogP contribution is 2.02. The lowest BCUT2D eigenvalue weighted by Gasteiger charge is -2.17. The summed E-state index contributed by atoms with van der Waals surface area (Å²) < 4.78 is 1.76. The maximum atomic E-state index is 11.9. The quantitative estimate of drug-likeness (QED) is 0.737. The molecule has 0 aliphatic rings. The third-order valence-electron chi connectivity index (χ3n) is 2.73. The Labute approximate surface area is 103 Å². The Morgan fingerprint density at radius 2 is 2.24 bits per heavy atom. The number of nitrogens with one attached hydrogen (secondary N) is 1. The number of aromatic nitrogens is 2. The number of rotatable bonds is 6. The molecule has 5 nitrogen and oxygen atoms in total. The van der Waals surface area contributed by atoms with Gasteiger partial charge in [0.15, 0.2) is 0 Å². The topological polar surface area (TPSA) is 50.2 Å². The fourth-order valence-electron chi connectivity index (χ4n) is 1.70. The molecule has 1 rings (SSSR count). The van der Waals surface area contributed by atoms with E-state index in [0.717, 1.165) is 30.9 Å². The molecule has 1 aromatic heterocycles. The fourth-order valence-corrected chi connectivity index (χ4v) is 1.70. The first-order chi connectivity index (χ1) is 8.04. The normalized spacial score (nSPS) is 10.6. The lowest BCUT2D eigenvalue weighted by atomic mass is 10.3. The summed E-state index contributed by atoms with van der Waals surface area (Å²) >= 11 is 0. The van der Waals surface area contributed by atoms with Gasteiger partial charge < -0.3 is 10.2 Å². The second-order valence-corrected chi connectivity index (χ2v) is 4.36. The highest BCUT2D eigenvalue weighted by molar-refractivity contribution is 5.75. The molecule has 0 aliphatic heterocycles.